The quantitative estimate of drug-likeness (QED) is 0.527. The summed E-state index contributed by atoms with van der Waals surface area (Å²) in [6.07, 6.45) is 0.193. The van der Waals surface area contributed by atoms with Crippen molar-refractivity contribution in [1.82, 2.24) is 4.98 Å². The summed E-state index contributed by atoms with van der Waals surface area (Å²) in [5, 5.41) is 2.84. The second kappa shape index (κ2) is 7.93. The van der Waals surface area contributed by atoms with E-state index in [1.165, 1.54) is 23.1 Å². The van der Waals surface area contributed by atoms with Gasteiger partial charge < -0.3 is 11.1 Å². The Hall–Kier alpha value is -1.13. The molecule has 0 aliphatic carbocycles. The van der Waals surface area contributed by atoms with Crippen LogP contribution in [0.15, 0.2) is 28.6 Å². The van der Waals surface area contributed by atoms with E-state index in [0.29, 0.717) is 0 Å². The molecule has 22 heavy (non-hydrogen) atoms. The largest absolute Gasteiger partial charge is 0.369 e. The van der Waals surface area contributed by atoms with E-state index in [0.717, 1.165) is 24.2 Å². The number of halogens is 1. The van der Waals surface area contributed by atoms with Gasteiger partial charge in [-0.3, -0.25) is 9.59 Å². The lowest BCUT2D eigenvalue weighted by atomic mass is 10.3. The topological polar surface area (TPSA) is 85.1 Å². The summed E-state index contributed by atoms with van der Waals surface area (Å²) >= 11 is 4.96. The Balaban J connectivity index is 1.90. The number of thioether (sulfide) groups is 1. The van der Waals surface area contributed by atoms with E-state index in [4.69, 9.17) is 5.73 Å². The Bertz CT molecular complexity index is 703. The number of aryl methyl sites for hydroxylation is 1. The van der Waals surface area contributed by atoms with E-state index >= 15 is 0 Å². The highest BCUT2D eigenvalue weighted by molar-refractivity contribution is 14.1. The average Bonchev–Trinajstić information content (AvgIpc) is 2.76. The van der Waals surface area contributed by atoms with Gasteiger partial charge in [0.25, 0.3) is 0 Å². The predicted molar refractivity (Wildman–Crippen MR) is 98.3 cm³/mol. The van der Waals surface area contributed by atoms with Crippen molar-refractivity contribution in [3.05, 3.63) is 38.4 Å². The number of thiazole rings is 1. The van der Waals surface area contributed by atoms with Crippen LogP contribution in [0.5, 0.6) is 0 Å². The Labute approximate surface area is 150 Å². The summed E-state index contributed by atoms with van der Waals surface area (Å²) in [5.41, 5.74) is 6.77. The second-order valence-corrected chi connectivity index (χ2v) is 8.03. The highest BCUT2D eigenvalue weighted by Crippen LogP contribution is 2.27. The van der Waals surface area contributed by atoms with Crippen LogP contribution in [0.25, 0.3) is 0 Å². The molecule has 0 saturated carbocycles. The SMILES string of the molecule is Cc1nc(SCC(=O)Nc2cccc(I)c2)sc1CC(N)=O. The van der Waals surface area contributed by atoms with Crippen molar-refractivity contribution in [2.24, 2.45) is 5.73 Å². The lowest BCUT2D eigenvalue weighted by Crippen LogP contribution is -2.13. The number of benzene rings is 1. The van der Waals surface area contributed by atoms with Gasteiger partial charge in [0, 0.05) is 14.1 Å². The molecule has 5 nitrogen and oxygen atoms in total. The average molecular weight is 447 g/mol. The van der Waals surface area contributed by atoms with Gasteiger partial charge in [-0.25, -0.2) is 4.98 Å². The highest BCUT2D eigenvalue weighted by atomic mass is 127. The Morgan fingerprint density at radius 2 is 2.23 bits per heavy atom. The number of nitrogens with one attached hydrogen (secondary N) is 1. The molecule has 3 N–H and O–H groups in total. The molecule has 2 rings (SSSR count). The normalized spacial score (nSPS) is 10.5. The van der Waals surface area contributed by atoms with Crippen molar-refractivity contribution in [3.8, 4) is 0 Å². The van der Waals surface area contributed by atoms with Gasteiger partial charge in [-0.2, -0.15) is 0 Å². The third kappa shape index (κ3) is 5.25. The summed E-state index contributed by atoms with van der Waals surface area (Å²) in [6, 6.07) is 7.61. The van der Waals surface area contributed by atoms with E-state index in [1.807, 2.05) is 31.2 Å². The number of nitrogens with zero attached hydrogens (tertiary/aromatic N) is 1. The number of hydrogen-bond donors (Lipinski definition) is 2. The molecule has 1 heterocycles. The molecule has 0 fully saturated rings. The first-order valence-electron chi connectivity index (χ1n) is 6.37. The Morgan fingerprint density at radius 1 is 1.45 bits per heavy atom. The van der Waals surface area contributed by atoms with Gasteiger partial charge in [-0.1, -0.05) is 17.8 Å². The molecule has 2 aromatic rings. The molecule has 8 heteroatoms. The molecular weight excluding hydrogens is 433 g/mol. The zero-order valence-corrected chi connectivity index (χ0v) is 15.5. The van der Waals surface area contributed by atoms with Gasteiger partial charge in [0.1, 0.15) is 0 Å². The van der Waals surface area contributed by atoms with Gasteiger partial charge in [-0.05, 0) is 47.7 Å². The number of amides is 2. The standard InChI is InChI=1S/C14H14IN3O2S2/c1-8-11(6-12(16)19)22-14(17-8)21-7-13(20)18-10-4-2-3-9(15)5-10/h2-5H,6-7H2,1H3,(H2,16,19)(H,18,20). The summed E-state index contributed by atoms with van der Waals surface area (Å²) < 4.78 is 1.83. The van der Waals surface area contributed by atoms with Crippen LogP contribution in [0.3, 0.4) is 0 Å². The van der Waals surface area contributed by atoms with Gasteiger partial charge in [-0.15, -0.1) is 11.3 Å². The van der Waals surface area contributed by atoms with Crippen molar-refractivity contribution in [1.29, 1.82) is 0 Å². The molecule has 2 amide bonds. The number of primary amides is 1. The summed E-state index contributed by atoms with van der Waals surface area (Å²) in [7, 11) is 0. The van der Waals surface area contributed by atoms with Gasteiger partial charge in [0.15, 0.2) is 4.34 Å². The smallest absolute Gasteiger partial charge is 0.234 e. The van der Waals surface area contributed by atoms with Crippen LogP contribution in [-0.4, -0.2) is 22.6 Å². The lowest BCUT2D eigenvalue weighted by molar-refractivity contribution is -0.117. The molecular formula is C14H14IN3O2S2. The molecule has 0 saturated heterocycles. The van der Waals surface area contributed by atoms with E-state index in [-0.39, 0.29) is 24.0 Å². The fraction of sp³-hybridized carbons (Fsp3) is 0.214. The van der Waals surface area contributed by atoms with Crippen molar-refractivity contribution >= 4 is 63.2 Å². The van der Waals surface area contributed by atoms with Crippen LogP contribution in [-0.2, 0) is 16.0 Å². The zero-order valence-electron chi connectivity index (χ0n) is 11.8. The van der Waals surface area contributed by atoms with E-state index < -0.39 is 0 Å². The van der Waals surface area contributed by atoms with E-state index in [1.54, 1.807) is 0 Å². The third-order valence-corrected chi connectivity index (χ3v) is 5.61. The number of carbonyl (C=O) groups is 2. The molecule has 1 aromatic heterocycles. The van der Waals surface area contributed by atoms with Crippen LogP contribution in [0.1, 0.15) is 10.6 Å². The van der Waals surface area contributed by atoms with Crippen molar-refractivity contribution in [2.75, 3.05) is 11.1 Å². The van der Waals surface area contributed by atoms with E-state index in [2.05, 4.69) is 32.9 Å². The first kappa shape index (κ1) is 17.2. The molecule has 0 aliphatic rings. The zero-order chi connectivity index (χ0) is 16.1. The maximum absolute atomic E-state index is 11.9. The lowest BCUT2D eigenvalue weighted by Gasteiger charge is -2.04. The number of hydrogen-bond acceptors (Lipinski definition) is 5. The number of anilines is 1. The summed E-state index contributed by atoms with van der Waals surface area (Å²) in [4.78, 5) is 28.1. The van der Waals surface area contributed by atoms with E-state index in [9.17, 15) is 9.59 Å². The monoisotopic (exact) mass is 447 g/mol. The van der Waals surface area contributed by atoms with Crippen molar-refractivity contribution in [2.45, 2.75) is 17.7 Å². The molecule has 0 aliphatic heterocycles. The van der Waals surface area contributed by atoms with Crippen molar-refractivity contribution < 1.29 is 9.59 Å². The third-order valence-electron chi connectivity index (χ3n) is 2.64. The summed E-state index contributed by atoms with van der Waals surface area (Å²) in [5.74, 6) is -0.190. The molecule has 116 valence electrons. The van der Waals surface area contributed by atoms with Crippen LogP contribution in [0.4, 0.5) is 5.69 Å². The first-order valence-corrected chi connectivity index (χ1v) is 9.25. The predicted octanol–water partition coefficient (Wildman–Crippen LogP) is 2.81. The maximum Gasteiger partial charge on any atom is 0.234 e. The fourth-order valence-corrected chi connectivity index (χ4v) is 4.26. The number of aromatic nitrogens is 1. The Kier molecular flexibility index (Phi) is 6.21. The fourth-order valence-electron chi connectivity index (χ4n) is 1.68. The van der Waals surface area contributed by atoms with Crippen LogP contribution in [0.2, 0.25) is 0 Å². The minimum Gasteiger partial charge on any atom is -0.369 e. The summed E-state index contributed by atoms with van der Waals surface area (Å²) in [6.45, 7) is 1.84. The first-order chi connectivity index (χ1) is 10.4. The highest BCUT2D eigenvalue weighted by Gasteiger charge is 2.12. The minimum atomic E-state index is -0.375. The molecule has 0 unspecified atom stereocenters. The van der Waals surface area contributed by atoms with Crippen LogP contribution < -0.4 is 11.1 Å². The van der Waals surface area contributed by atoms with Gasteiger partial charge >= 0.3 is 0 Å². The number of rotatable bonds is 6. The molecule has 0 bridgehead atoms. The van der Waals surface area contributed by atoms with Gasteiger partial charge in [0.05, 0.1) is 17.9 Å². The van der Waals surface area contributed by atoms with Crippen LogP contribution in [0, 0.1) is 10.5 Å². The maximum atomic E-state index is 11.9. The minimum absolute atomic E-state index is 0.0868. The molecule has 0 spiro atoms. The number of nitrogens with two attached hydrogens (primary N) is 1. The molecule has 1 aromatic carbocycles. The Morgan fingerprint density at radius 3 is 2.91 bits per heavy atom. The van der Waals surface area contributed by atoms with Crippen molar-refractivity contribution in [3.63, 3.8) is 0 Å². The second-order valence-electron chi connectivity index (χ2n) is 4.48. The van der Waals surface area contributed by atoms with Crippen LogP contribution >= 0.6 is 45.7 Å². The van der Waals surface area contributed by atoms with Gasteiger partial charge in [0.2, 0.25) is 11.8 Å². The molecule has 0 atom stereocenters. The molecule has 0 radical (unpaired) electrons. The number of carbonyl (C=O) groups excluding carboxylic acids is 2.